The van der Waals surface area contributed by atoms with Crippen molar-refractivity contribution in [2.24, 2.45) is 0 Å². The maximum Gasteiger partial charge on any atom is 0.410 e. The van der Waals surface area contributed by atoms with Gasteiger partial charge in [-0.1, -0.05) is 36.4 Å². The average molecular weight is 506 g/mol. The van der Waals surface area contributed by atoms with Crippen LogP contribution in [-0.2, 0) is 11.3 Å². The lowest BCUT2D eigenvalue weighted by Crippen LogP contribution is -2.49. The normalized spacial score (nSPS) is 13.5. The lowest BCUT2D eigenvalue weighted by Gasteiger charge is -2.34. The number of aromatic nitrogens is 4. The van der Waals surface area contributed by atoms with Crippen LogP contribution in [-0.4, -0.2) is 57.1 Å². The van der Waals surface area contributed by atoms with Gasteiger partial charge in [-0.25, -0.2) is 19.7 Å². The number of carbonyl (C=O) groups excluding carboxylic acids is 1. The zero-order valence-electron chi connectivity index (χ0n) is 20.7. The Morgan fingerprint density at radius 2 is 1.79 bits per heavy atom. The first kappa shape index (κ1) is 23.5. The van der Waals surface area contributed by atoms with Crippen LogP contribution in [0.5, 0.6) is 0 Å². The topological polar surface area (TPSA) is 99.3 Å². The summed E-state index contributed by atoms with van der Waals surface area (Å²) in [6.07, 6.45) is 5.20. The fourth-order valence-corrected chi connectivity index (χ4v) is 4.55. The molecule has 1 amide bonds. The molecule has 5 aromatic rings. The van der Waals surface area contributed by atoms with Gasteiger partial charge < -0.3 is 24.8 Å². The van der Waals surface area contributed by atoms with Gasteiger partial charge in [-0.05, 0) is 42.0 Å². The molecule has 0 atom stereocenters. The number of nitrogens with zero attached hydrogens (tertiary/aromatic N) is 5. The number of hydrogen-bond donors (Lipinski definition) is 2. The molecule has 190 valence electrons. The number of ether oxygens (including phenoxy) is 1. The molecule has 1 aliphatic heterocycles. The van der Waals surface area contributed by atoms with Crippen molar-refractivity contribution in [2.75, 3.05) is 36.4 Å². The predicted molar refractivity (Wildman–Crippen MR) is 147 cm³/mol. The molecule has 0 aliphatic carbocycles. The molecular weight excluding hydrogens is 478 g/mol. The van der Waals surface area contributed by atoms with Gasteiger partial charge in [0.15, 0.2) is 0 Å². The van der Waals surface area contributed by atoms with Crippen molar-refractivity contribution < 1.29 is 9.53 Å². The Balaban J connectivity index is 1.06. The first-order valence-electron chi connectivity index (χ1n) is 12.6. The van der Waals surface area contributed by atoms with Gasteiger partial charge in [0.1, 0.15) is 12.4 Å². The molecule has 6 rings (SSSR count). The van der Waals surface area contributed by atoms with Crippen molar-refractivity contribution in [2.45, 2.75) is 6.61 Å². The number of pyridine rings is 1. The average Bonchev–Trinajstić information content (AvgIpc) is 3.47. The van der Waals surface area contributed by atoms with Crippen LogP contribution in [0.15, 0.2) is 91.4 Å². The molecular formula is C29H27N7O2. The number of amides is 1. The van der Waals surface area contributed by atoms with Gasteiger partial charge in [0.05, 0.1) is 11.4 Å². The van der Waals surface area contributed by atoms with E-state index in [1.165, 1.54) is 0 Å². The number of H-pyrrole nitrogens is 1. The molecule has 0 radical (unpaired) electrons. The van der Waals surface area contributed by atoms with E-state index in [2.05, 4.69) is 25.2 Å². The van der Waals surface area contributed by atoms with Crippen molar-refractivity contribution in [3.05, 3.63) is 97.0 Å². The van der Waals surface area contributed by atoms with Crippen molar-refractivity contribution in [3.63, 3.8) is 0 Å². The molecule has 9 nitrogen and oxygen atoms in total. The van der Waals surface area contributed by atoms with Crippen molar-refractivity contribution in [1.82, 2.24) is 24.8 Å². The second kappa shape index (κ2) is 10.6. The Morgan fingerprint density at radius 3 is 2.61 bits per heavy atom. The standard InChI is InChI=1S/C29H27N7O2/c37-29(38-20-21-5-2-1-3-6-21)36-17-15-35(16-18-36)27-10-9-22(19-32-27)24-12-14-31-28(33-24)34-26-8-4-7-25-23(26)11-13-30-25/h1-14,19,30H,15-18,20H2,(H,31,33,34). The minimum absolute atomic E-state index is 0.280. The van der Waals surface area contributed by atoms with E-state index in [4.69, 9.17) is 9.72 Å². The van der Waals surface area contributed by atoms with Crippen molar-refractivity contribution in [3.8, 4) is 11.3 Å². The first-order chi connectivity index (χ1) is 18.7. The lowest BCUT2D eigenvalue weighted by molar-refractivity contribution is 0.0941. The highest BCUT2D eigenvalue weighted by atomic mass is 16.6. The molecule has 9 heteroatoms. The molecule has 38 heavy (non-hydrogen) atoms. The van der Waals surface area contributed by atoms with Crippen LogP contribution in [0.3, 0.4) is 0 Å². The smallest absolute Gasteiger partial charge is 0.410 e. The van der Waals surface area contributed by atoms with E-state index in [0.29, 0.717) is 32.1 Å². The summed E-state index contributed by atoms with van der Waals surface area (Å²) in [7, 11) is 0. The van der Waals surface area contributed by atoms with Gasteiger partial charge >= 0.3 is 6.09 Å². The molecule has 0 bridgehead atoms. The summed E-state index contributed by atoms with van der Waals surface area (Å²) in [4.78, 5) is 33.4. The number of anilines is 3. The Labute approximate surface area is 220 Å². The van der Waals surface area contributed by atoms with Crippen LogP contribution in [0.4, 0.5) is 22.2 Å². The second-order valence-corrected chi connectivity index (χ2v) is 9.05. The van der Waals surface area contributed by atoms with E-state index in [1.807, 2.05) is 85.2 Å². The first-order valence-corrected chi connectivity index (χ1v) is 12.6. The van der Waals surface area contributed by atoms with E-state index in [-0.39, 0.29) is 12.7 Å². The molecule has 4 heterocycles. The molecule has 1 saturated heterocycles. The number of fused-ring (bicyclic) bond motifs is 1. The Morgan fingerprint density at radius 1 is 0.921 bits per heavy atom. The molecule has 0 spiro atoms. The SMILES string of the molecule is O=C(OCc1ccccc1)N1CCN(c2ccc(-c3ccnc(Nc4cccc5[nH]ccc45)n3)cn2)CC1. The van der Waals surface area contributed by atoms with Gasteiger partial charge in [0, 0.05) is 61.2 Å². The highest BCUT2D eigenvalue weighted by Crippen LogP contribution is 2.26. The maximum absolute atomic E-state index is 12.5. The van der Waals surface area contributed by atoms with E-state index in [9.17, 15) is 4.79 Å². The highest BCUT2D eigenvalue weighted by Gasteiger charge is 2.23. The Kier molecular flexibility index (Phi) is 6.55. The van der Waals surface area contributed by atoms with Crippen LogP contribution in [0.25, 0.3) is 22.2 Å². The lowest BCUT2D eigenvalue weighted by atomic mass is 10.2. The van der Waals surface area contributed by atoms with E-state index in [0.717, 1.165) is 39.2 Å². The Hall–Kier alpha value is -4.92. The number of piperazine rings is 1. The van der Waals surface area contributed by atoms with Crippen LogP contribution in [0.1, 0.15) is 5.56 Å². The quantitative estimate of drug-likeness (QED) is 0.326. The molecule has 1 fully saturated rings. The summed E-state index contributed by atoms with van der Waals surface area (Å²) in [5.41, 5.74) is 4.66. The van der Waals surface area contributed by atoms with Gasteiger partial charge in [0.2, 0.25) is 5.95 Å². The molecule has 2 aromatic carbocycles. The largest absolute Gasteiger partial charge is 0.445 e. The zero-order chi connectivity index (χ0) is 25.7. The van der Waals surface area contributed by atoms with E-state index in [1.54, 1.807) is 11.1 Å². The van der Waals surface area contributed by atoms with Crippen molar-refractivity contribution in [1.29, 1.82) is 0 Å². The van der Waals surface area contributed by atoms with E-state index < -0.39 is 0 Å². The van der Waals surface area contributed by atoms with Gasteiger partial charge in [-0.3, -0.25) is 0 Å². The molecule has 3 aromatic heterocycles. The molecule has 1 aliphatic rings. The van der Waals surface area contributed by atoms with Crippen LogP contribution >= 0.6 is 0 Å². The number of rotatable bonds is 6. The number of hydrogen-bond acceptors (Lipinski definition) is 7. The molecule has 2 N–H and O–H groups in total. The predicted octanol–water partition coefficient (Wildman–Crippen LogP) is 5.22. The second-order valence-electron chi connectivity index (χ2n) is 9.05. The summed E-state index contributed by atoms with van der Waals surface area (Å²) in [5, 5.41) is 4.41. The van der Waals surface area contributed by atoms with Gasteiger partial charge in [-0.15, -0.1) is 0 Å². The summed E-state index contributed by atoms with van der Waals surface area (Å²) < 4.78 is 5.47. The number of nitrogens with one attached hydrogen (secondary N) is 2. The summed E-state index contributed by atoms with van der Waals surface area (Å²) >= 11 is 0. The monoisotopic (exact) mass is 505 g/mol. The third-order valence-electron chi connectivity index (χ3n) is 6.61. The minimum Gasteiger partial charge on any atom is -0.445 e. The fraction of sp³-hybridized carbons (Fsp3) is 0.172. The molecule has 0 unspecified atom stereocenters. The zero-order valence-corrected chi connectivity index (χ0v) is 20.7. The summed E-state index contributed by atoms with van der Waals surface area (Å²) in [6, 6.07) is 23.6. The number of aromatic amines is 1. The minimum atomic E-state index is -0.280. The summed E-state index contributed by atoms with van der Waals surface area (Å²) in [6.45, 7) is 2.85. The van der Waals surface area contributed by atoms with Crippen molar-refractivity contribution >= 4 is 34.4 Å². The highest BCUT2D eigenvalue weighted by molar-refractivity contribution is 5.93. The van der Waals surface area contributed by atoms with Crippen LogP contribution in [0, 0.1) is 0 Å². The third-order valence-corrected chi connectivity index (χ3v) is 6.61. The number of carbonyl (C=O) groups is 1. The van der Waals surface area contributed by atoms with E-state index >= 15 is 0 Å². The molecule has 0 saturated carbocycles. The summed E-state index contributed by atoms with van der Waals surface area (Å²) in [5.74, 6) is 1.40. The van der Waals surface area contributed by atoms with Gasteiger partial charge in [-0.2, -0.15) is 0 Å². The fourth-order valence-electron chi connectivity index (χ4n) is 4.55. The Bertz CT molecular complexity index is 1530. The third kappa shape index (κ3) is 5.12. The maximum atomic E-state index is 12.5. The van der Waals surface area contributed by atoms with Crippen LogP contribution < -0.4 is 10.2 Å². The number of benzene rings is 2. The van der Waals surface area contributed by atoms with Crippen LogP contribution in [0.2, 0.25) is 0 Å². The van der Waals surface area contributed by atoms with Gasteiger partial charge in [0.25, 0.3) is 0 Å².